The number of piperazine rings is 1. The van der Waals surface area contributed by atoms with Crippen molar-refractivity contribution in [2.45, 2.75) is 6.54 Å². The molecule has 1 aliphatic rings. The number of aliphatic imine (C=N–C) groups is 1. The number of phenols is 1. The standard InChI is InChI=1S/C17H21FN6O/c1-19-16(22-12-13-3-4-15(25)14(18)11-13)23-7-9-24(10-8-23)17-20-5-2-6-21-17/h2-6,11,25H,7-10,12H2,1H3,(H,19,22). The summed E-state index contributed by atoms with van der Waals surface area (Å²) in [7, 11) is 1.73. The number of benzene rings is 1. The summed E-state index contributed by atoms with van der Waals surface area (Å²) in [6.45, 7) is 3.63. The Morgan fingerprint density at radius 2 is 1.96 bits per heavy atom. The van der Waals surface area contributed by atoms with Crippen LogP contribution in [0.5, 0.6) is 5.75 Å². The minimum Gasteiger partial charge on any atom is -0.505 e. The number of aromatic hydroxyl groups is 1. The number of nitrogens with one attached hydrogen (secondary N) is 1. The van der Waals surface area contributed by atoms with E-state index in [9.17, 15) is 9.50 Å². The molecule has 0 radical (unpaired) electrons. The molecule has 0 aliphatic carbocycles. The maximum absolute atomic E-state index is 13.4. The van der Waals surface area contributed by atoms with E-state index in [0.717, 1.165) is 43.7 Å². The van der Waals surface area contributed by atoms with E-state index >= 15 is 0 Å². The van der Waals surface area contributed by atoms with E-state index in [1.54, 1.807) is 31.6 Å². The van der Waals surface area contributed by atoms with E-state index in [0.29, 0.717) is 6.54 Å². The van der Waals surface area contributed by atoms with Crippen LogP contribution in [0.2, 0.25) is 0 Å². The molecule has 0 saturated carbocycles. The molecule has 1 aromatic heterocycles. The highest BCUT2D eigenvalue weighted by Gasteiger charge is 2.21. The van der Waals surface area contributed by atoms with Gasteiger partial charge >= 0.3 is 0 Å². The van der Waals surface area contributed by atoms with Gasteiger partial charge in [-0.05, 0) is 23.8 Å². The second-order valence-electron chi connectivity index (χ2n) is 5.71. The van der Waals surface area contributed by atoms with Crippen molar-refractivity contribution in [3.8, 4) is 5.75 Å². The molecular formula is C17H21FN6O. The molecule has 1 aromatic carbocycles. The summed E-state index contributed by atoms with van der Waals surface area (Å²) in [6, 6.07) is 6.16. The molecule has 7 nitrogen and oxygen atoms in total. The zero-order chi connectivity index (χ0) is 17.6. The van der Waals surface area contributed by atoms with E-state index in [2.05, 4.69) is 30.1 Å². The average Bonchev–Trinajstić information content (AvgIpc) is 2.66. The first-order chi connectivity index (χ1) is 12.2. The van der Waals surface area contributed by atoms with Crippen LogP contribution in [0.25, 0.3) is 0 Å². The lowest BCUT2D eigenvalue weighted by Gasteiger charge is -2.36. The van der Waals surface area contributed by atoms with Gasteiger partial charge in [0, 0.05) is 52.2 Å². The van der Waals surface area contributed by atoms with Gasteiger partial charge in [0.05, 0.1) is 0 Å². The van der Waals surface area contributed by atoms with Crippen LogP contribution in [0.15, 0.2) is 41.7 Å². The number of aromatic nitrogens is 2. The fourth-order valence-corrected chi connectivity index (χ4v) is 2.75. The molecule has 0 atom stereocenters. The van der Waals surface area contributed by atoms with Crippen LogP contribution in [0.1, 0.15) is 5.56 Å². The lowest BCUT2D eigenvalue weighted by molar-refractivity contribution is 0.370. The van der Waals surface area contributed by atoms with Crippen molar-refractivity contribution in [1.29, 1.82) is 0 Å². The van der Waals surface area contributed by atoms with Gasteiger partial charge in [-0.15, -0.1) is 0 Å². The lowest BCUT2D eigenvalue weighted by Crippen LogP contribution is -2.52. The Bertz CT molecular complexity index is 731. The number of halogens is 1. The number of anilines is 1. The molecule has 1 aliphatic heterocycles. The summed E-state index contributed by atoms with van der Waals surface area (Å²) < 4.78 is 13.4. The Morgan fingerprint density at radius 3 is 2.60 bits per heavy atom. The van der Waals surface area contributed by atoms with Gasteiger partial charge in [-0.25, -0.2) is 14.4 Å². The van der Waals surface area contributed by atoms with Crippen molar-refractivity contribution in [2.24, 2.45) is 4.99 Å². The second kappa shape index (κ2) is 7.78. The molecule has 2 heterocycles. The van der Waals surface area contributed by atoms with Gasteiger partial charge in [0.1, 0.15) is 0 Å². The third-order valence-corrected chi connectivity index (χ3v) is 4.09. The van der Waals surface area contributed by atoms with Crippen LogP contribution < -0.4 is 10.2 Å². The molecule has 132 valence electrons. The number of guanidine groups is 1. The van der Waals surface area contributed by atoms with Gasteiger partial charge in [-0.1, -0.05) is 6.07 Å². The van der Waals surface area contributed by atoms with Gasteiger partial charge in [0.2, 0.25) is 5.95 Å². The van der Waals surface area contributed by atoms with Crippen molar-refractivity contribution in [3.63, 3.8) is 0 Å². The van der Waals surface area contributed by atoms with Crippen LogP contribution in [-0.2, 0) is 6.54 Å². The molecule has 3 rings (SSSR count). The van der Waals surface area contributed by atoms with Crippen molar-refractivity contribution >= 4 is 11.9 Å². The highest BCUT2D eigenvalue weighted by atomic mass is 19.1. The first-order valence-electron chi connectivity index (χ1n) is 8.12. The largest absolute Gasteiger partial charge is 0.505 e. The monoisotopic (exact) mass is 344 g/mol. The van der Waals surface area contributed by atoms with Crippen molar-refractivity contribution < 1.29 is 9.50 Å². The maximum atomic E-state index is 13.4. The van der Waals surface area contributed by atoms with Gasteiger partial charge < -0.3 is 20.2 Å². The minimum absolute atomic E-state index is 0.340. The van der Waals surface area contributed by atoms with Crippen LogP contribution in [0.3, 0.4) is 0 Å². The van der Waals surface area contributed by atoms with Crippen LogP contribution in [0.4, 0.5) is 10.3 Å². The molecule has 0 amide bonds. The smallest absolute Gasteiger partial charge is 0.225 e. The molecular weight excluding hydrogens is 323 g/mol. The number of rotatable bonds is 3. The molecule has 2 N–H and O–H groups in total. The Hall–Kier alpha value is -2.90. The molecule has 0 spiro atoms. The summed E-state index contributed by atoms with van der Waals surface area (Å²) in [6.07, 6.45) is 3.48. The summed E-state index contributed by atoms with van der Waals surface area (Å²) in [5.74, 6) is 0.546. The van der Waals surface area contributed by atoms with Crippen molar-refractivity contribution in [2.75, 3.05) is 38.1 Å². The van der Waals surface area contributed by atoms with E-state index in [4.69, 9.17) is 0 Å². The SMILES string of the molecule is CN=C(NCc1ccc(O)c(F)c1)N1CCN(c2ncccn2)CC1. The Kier molecular flexibility index (Phi) is 5.27. The summed E-state index contributed by atoms with van der Waals surface area (Å²) in [5, 5.41) is 12.5. The third-order valence-electron chi connectivity index (χ3n) is 4.09. The summed E-state index contributed by atoms with van der Waals surface area (Å²) in [5.41, 5.74) is 0.743. The molecule has 2 aromatic rings. The average molecular weight is 344 g/mol. The van der Waals surface area contributed by atoms with Gasteiger partial charge in [0.25, 0.3) is 0 Å². The predicted octanol–water partition coefficient (Wildman–Crippen LogP) is 1.22. The quantitative estimate of drug-likeness (QED) is 0.644. The molecule has 0 bridgehead atoms. The Balaban J connectivity index is 1.55. The molecule has 1 fully saturated rings. The zero-order valence-corrected chi connectivity index (χ0v) is 14.1. The van der Waals surface area contributed by atoms with E-state index < -0.39 is 5.82 Å². The maximum Gasteiger partial charge on any atom is 0.225 e. The van der Waals surface area contributed by atoms with Crippen LogP contribution >= 0.6 is 0 Å². The number of nitrogens with zero attached hydrogens (tertiary/aromatic N) is 5. The van der Waals surface area contributed by atoms with Crippen LogP contribution in [0, 0.1) is 5.82 Å². The topological polar surface area (TPSA) is 76.9 Å². The van der Waals surface area contributed by atoms with E-state index in [1.807, 2.05) is 0 Å². The summed E-state index contributed by atoms with van der Waals surface area (Å²) >= 11 is 0. The Morgan fingerprint density at radius 1 is 1.24 bits per heavy atom. The number of hydrogen-bond donors (Lipinski definition) is 2. The minimum atomic E-state index is -0.620. The molecule has 25 heavy (non-hydrogen) atoms. The van der Waals surface area contributed by atoms with Crippen LogP contribution in [-0.4, -0.2) is 59.2 Å². The fraction of sp³-hybridized carbons (Fsp3) is 0.353. The first-order valence-corrected chi connectivity index (χ1v) is 8.12. The molecule has 8 heteroatoms. The number of phenolic OH excluding ortho intramolecular Hbond substituents is 1. The van der Waals surface area contributed by atoms with Gasteiger partial charge in [-0.2, -0.15) is 0 Å². The Labute approximate surface area is 145 Å². The van der Waals surface area contributed by atoms with E-state index in [1.165, 1.54) is 12.1 Å². The highest BCUT2D eigenvalue weighted by Crippen LogP contribution is 2.16. The molecule has 0 unspecified atom stereocenters. The second-order valence-corrected chi connectivity index (χ2v) is 5.71. The third kappa shape index (κ3) is 4.14. The van der Waals surface area contributed by atoms with Crippen molar-refractivity contribution in [3.05, 3.63) is 48.0 Å². The first kappa shape index (κ1) is 16.9. The predicted molar refractivity (Wildman–Crippen MR) is 94.1 cm³/mol. The van der Waals surface area contributed by atoms with E-state index in [-0.39, 0.29) is 5.75 Å². The fourth-order valence-electron chi connectivity index (χ4n) is 2.75. The highest BCUT2D eigenvalue weighted by molar-refractivity contribution is 5.80. The molecule has 1 saturated heterocycles. The van der Waals surface area contributed by atoms with Crippen molar-refractivity contribution in [1.82, 2.24) is 20.2 Å². The number of hydrogen-bond acceptors (Lipinski definition) is 5. The normalized spacial score (nSPS) is 15.4. The van der Waals surface area contributed by atoms with Gasteiger partial charge in [-0.3, -0.25) is 4.99 Å². The summed E-state index contributed by atoms with van der Waals surface area (Å²) in [4.78, 5) is 17.1. The zero-order valence-electron chi connectivity index (χ0n) is 14.1. The van der Waals surface area contributed by atoms with Gasteiger partial charge in [0.15, 0.2) is 17.5 Å². The lowest BCUT2D eigenvalue weighted by atomic mass is 10.2.